The third kappa shape index (κ3) is 4.19. The van der Waals surface area contributed by atoms with Gasteiger partial charge in [0.05, 0.1) is 0 Å². The predicted molar refractivity (Wildman–Crippen MR) is 74.4 cm³/mol. The number of piperidine rings is 1. The third-order valence-corrected chi connectivity index (χ3v) is 5.13. The minimum atomic E-state index is -3.33. The molecule has 0 aromatic rings. The van der Waals surface area contributed by atoms with Crippen LogP contribution in [0.1, 0.15) is 33.6 Å². The Morgan fingerprint density at radius 2 is 2.00 bits per heavy atom. The van der Waals surface area contributed by atoms with Gasteiger partial charge in [0.1, 0.15) is 0 Å². The monoisotopic (exact) mass is 277 g/mol. The highest BCUT2D eigenvalue weighted by atomic mass is 32.2. The van der Waals surface area contributed by atoms with Crippen LogP contribution in [0.2, 0.25) is 0 Å². The largest absolute Gasteiger partial charge is 0.330 e. The van der Waals surface area contributed by atoms with Crippen LogP contribution in [-0.4, -0.2) is 50.3 Å². The molecule has 108 valence electrons. The minimum Gasteiger partial charge on any atom is -0.330 e. The summed E-state index contributed by atoms with van der Waals surface area (Å²) in [4.78, 5) is 0. The fourth-order valence-corrected chi connectivity index (χ4v) is 4.08. The van der Waals surface area contributed by atoms with E-state index in [9.17, 15) is 8.42 Å². The van der Waals surface area contributed by atoms with Crippen molar-refractivity contribution in [3.8, 4) is 0 Å². The topological polar surface area (TPSA) is 66.6 Å². The first-order chi connectivity index (χ1) is 8.16. The second kappa shape index (κ2) is 5.86. The van der Waals surface area contributed by atoms with E-state index in [0.717, 1.165) is 12.8 Å². The smallest absolute Gasteiger partial charge is 0.281 e. The van der Waals surface area contributed by atoms with E-state index in [0.29, 0.717) is 32.1 Å². The molecule has 0 aliphatic carbocycles. The molecule has 0 radical (unpaired) electrons. The van der Waals surface area contributed by atoms with Crippen LogP contribution in [0.3, 0.4) is 0 Å². The van der Waals surface area contributed by atoms with Crippen LogP contribution < -0.4 is 5.73 Å². The molecule has 0 saturated carbocycles. The Morgan fingerprint density at radius 1 is 1.39 bits per heavy atom. The Kier molecular flexibility index (Phi) is 5.17. The van der Waals surface area contributed by atoms with E-state index in [4.69, 9.17) is 5.73 Å². The van der Waals surface area contributed by atoms with Crippen LogP contribution >= 0.6 is 0 Å². The second-order valence-electron chi connectivity index (χ2n) is 6.43. The summed E-state index contributed by atoms with van der Waals surface area (Å²) in [6.45, 7) is 8.39. The van der Waals surface area contributed by atoms with Gasteiger partial charge in [-0.25, -0.2) is 0 Å². The lowest BCUT2D eigenvalue weighted by Crippen LogP contribution is -2.49. The van der Waals surface area contributed by atoms with Gasteiger partial charge in [-0.2, -0.15) is 17.0 Å². The number of hydrogen-bond donors (Lipinski definition) is 1. The molecular formula is C12H27N3O2S. The van der Waals surface area contributed by atoms with Crippen LogP contribution in [0.25, 0.3) is 0 Å². The maximum Gasteiger partial charge on any atom is 0.281 e. The normalized spacial score (nSPS) is 23.6. The first-order valence-corrected chi connectivity index (χ1v) is 7.98. The van der Waals surface area contributed by atoms with Gasteiger partial charge in [-0.15, -0.1) is 0 Å². The van der Waals surface area contributed by atoms with Crippen molar-refractivity contribution in [2.45, 2.75) is 33.6 Å². The average Bonchev–Trinajstić information content (AvgIpc) is 2.27. The summed E-state index contributed by atoms with van der Waals surface area (Å²) in [5.74, 6) is 0.302. The molecule has 0 bridgehead atoms. The van der Waals surface area contributed by atoms with Gasteiger partial charge < -0.3 is 5.73 Å². The van der Waals surface area contributed by atoms with E-state index in [2.05, 4.69) is 0 Å². The van der Waals surface area contributed by atoms with E-state index in [1.165, 1.54) is 4.31 Å². The molecule has 1 atom stereocenters. The van der Waals surface area contributed by atoms with E-state index in [-0.39, 0.29) is 5.41 Å². The van der Waals surface area contributed by atoms with E-state index >= 15 is 0 Å². The molecule has 6 heteroatoms. The van der Waals surface area contributed by atoms with E-state index in [1.54, 1.807) is 11.4 Å². The van der Waals surface area contributed by atoms with Gasteiger partial charge in [0.2, 0.25) is 0 Å². The molecule has 1 heterocycles. The zero-order valence-corrected chi connectivity index (χ0v) is 12.8. The quantitative estimate of drug-likeness (QED) is 0.829. The van der Waals surface area contributed by atoms with Gasteiger partial charge >= 0.3 is 0 Å². The molecule has 1 fully saturated rings. The van der Waals surface area contributed by atoms with Crippen LogP contribution in [0.4, 0.5) is 0 Å². The lowest BCUT2D eigenvalue weighted by Gasteiger charge is -2.35. The van der Waals surface area contributed by atoms with Crippen LogP contribution in [0.15, 0.2) is 0 Å². The number of rotatable bonds is 4. The highest BCUT2D eigenvalue weighted by molar-refractivity contribution is 7.86. The summed E-state index contributed by atoms with van der Waals surface area (Å²) in [6.07, 6.45) is 1.94. The van der Waals surface area contributed by atoms with Crippen molar-refractivity contribution in [2.24, 2.45) is 17.1 Å². The predicted octanol–water partition coefficient (Wildman–Crippen LogP) is 0.880. The van der Waals surface area contributed by atoms with Gasteiger partial charge in [0.15, 0.2) is 0 Å². The minimum absolute atomic E-state index is 0.0368. The molecule has 1 aliphatic heterocycles. The first-order valence-electron chi connectivity index (χ1n) is 6.58. The molecule has 0 spiro atoms. The van der Waals surface area contributed by atoms with Gasteiger partial charge in [-0.3, -0.25) is 0 Å². The zero-order chi connectivity index (χ0) is 14.0. The summed E-state index contributed by atoms with van der Waals surface area (Å²) in [7, 11) is -1.67. The molecule has 1 saturated heterocycles. The van der Waals surface area contributed by atoms with Crippen molar-refractivity contribution in [1.82, 2.24) is 8.61 Å². The summed E-state index contributed by atoms with van der Waals surface area (Å²) < 4.78 is 27.9. The molecule has 1 aliphatic rings. The molecule has 0 aromatic carbocycles. The van der Waals surface area contributed by atoms with E-state index < -0.39 is 10.2 Å². The van der Waals surface area contributed by atoms with Gasteiger partial charge in [0.25, 0.3) is 10.2 Å². The van der Waals surface area contributed by atoms with E-state index in [1.807, 2.05) is 20.8 Å². The number of nitrogens with zero attached hydrogens (tertiary/aromatic N) is 2. The van der Waals surface area contributed by atoms with Crippen molar-refractivity contribution in [3.63, 3.8) is 0 Å². The van der Waals surface area contributed by atoms with Gasteiger partial charge in [-0.1, -0.05) is 20.8 Å². The molecule has 2 N–H and O–H groups in total. The molecule has 0 aromatic heterocycles. The van der Waals surface area contributed by atoms with Crippen molar-refractivity contribution in [1.29, 1.82) is 0 Å². The summed E-state index contributed by atoms with van der Waals surface area (Å²) in [6, 6.07) is 0. The summed E-state index contributed by atoms with van der Waals surface area (Å²) >= 11 is 0. The molecule has 1 unspecified atom stereocenters. The van der Waals surface area contributed by atoms with Gasteiger partial charge in [-0.05, 0) is 30.7 Å². The highest BCUT2D eigenvalue weighted by Crippen LogP contribution is 2.22. The Morgan fingerprint density at radius 3 is 2.50 bits per heavy atom. The van der Waals surface area contributed by atoms with Gasteiger partial charge in [0, 0.05) is 26.7 Å². The third-order valence-electron chi connectivity index (χ3n) is 3.23. The fraction of sp³-hybridized carbons (Fsp3) is 1.00. The first kappa shape index (κ1) is 15.9. The maximum atomic E-state index is 12.4. The lowest BCUT2D eigenvalue weighted by molar-refractivity contribution is 0.240. The number of nitrogens with two attached hydrogens (primary N) is 1. The van der Waals surface area contributed by atoms with Crippen molar-refractivity contribution >= 4 is 10.2 Å². The molecular weight excluding hydrogens is 250 g/mol. The Hall–Kier alpha value is -0.170. The lowest BCUT2D eigenvalue weighted by atomic mass is 9.97. The average molecular weight is 277 g/mol. The fourth-order valence-electron chi connectivity index (χ4n) is 2.38. The Bertz CT molecular complexity index is 362. The molecule has 0 amide bonds. The van der Waals surface area contributed by atoms with Crippen LogP contribution in [-0.2, 0) is 10.2 Å². The standard InChI is InChI=1S/C12H27N3O2S/c1-12(2,3)10-14(4)18(16,17)15-7-5-6-11(8-13)9-15/h11H,5-10,13H2,1-4H3. The SMILES string of the molecule is CN(CC(C)(C)C)S(=O)(=O)N1CCCC(CN)C1. The molecule has 5 nitrogen and oxygen atoms in total. The summed E-state index contributed by atoms with van der Waals surface area (Å²) in [5.41, 5.74) is 5.61. The number of hydrogen-bond acceptors (Lipinski definition) is 3. The molecule has 18 heavy (non-hydrogen) atoms. The van der Waals surface area contributed by atoms with Crippen molar-refractivity contribution in [2.75, 3.05) is 33.2 Å². The second-order valence-corrected chi connectivity index (χ2v) is 8.46. The zero-order valence-electron chi connectivity index (χ0n) is 12.0. The summed E-state index contributed by atoms with van der Waals surface area (Å²) in [5, 5.41) is 0. The van der Waals surface area contributed by atoms with Crippen molar-refractivity contribution < 1.29 is 8.42 Å². The highest BCUT2D eigenvalue weighted by Gasteiger charge is 2.32. The molecule has 1 rings (SSSR count). The maximum absolute atomic E-state index is 12.4. The van der Waals surface area contributed by atoms with Crippen LogP contribution in [0.5, 0.6) is 0 Å². The van der Waals surface area contributed by atoms with Crippen LogP contribution in [0, 0.1) is 11.3 Å². The Labute approximate surface area is 112 Å². The Balaban J connectivity index is 2.73. The van der Waals surface area contributed by atoms with Crippen molar-refractivity contribution in [3.05, 3.63) is 0 Å².